The molecule has 1 unspecified atom stereocenters. The van der Waals surface area contributed by atoms with Gasteiger partial charge >= 0.3 is 0 Å². The monoisotopic (exact) mass is 246 g/mol. The SMILES string of the molecule is CCC1CCCCN1c1ccc(CCN)c(C)c1. The van der Waals surface area contributed by atoms with Crippen LogP contribution in [-0.4, -0.2) is 19.1 Å². The second-order valence-electron chi connectivity index (χ2n) is 5.40. The standard InChI is InChI=1S/C16H26N2/c1-3-15-6-4-5-11-18(15)16-8-7-14(9-10-17)13(2)12-16/h7-8,12,15H,3-6,9-11,17H2,1-2H3. The van der Waals surface area contributed by atoms with Gasteiger partial charge in [-0.1, -0.05) is 13.0 Å². The molecule has 0 amide bonds. The third kappa shape index (κ3) is 2.86. The minimum atomic E-state index is 0.735. The summed E-state index contributed by atoms with van der Waals surface area (Å²) in [5.41, 5.74) is 9.83. The first-order valence-electron chi connectivity index (χ1n) is 7.32. The molecule has 0 bridgehead atoms. The van der Waals surface area contributed by atoms with Crippen LogP contribution in [0.1, 0.15) is 43.7 Å². The van der Waals surface area contributed by atoms with Crippen LogP contribution in [0.5, 0.6) is 0 Å². The first-order chi connectivity index (χ1) is 8.76. The fourth-order valence-corrected chi connectivity index (χ4v) is 3.06. The summed E-state index contributed by atoms with van der Waals surface area (Å²) in [7, 11) is 0. The fourth-order valence-electron chi connectivity index (χ4n) is 3.06. The van der Waals surface area contributed by atoms with Crippen molar-refractivity contribution in [1.29, 1.82) is 0 Å². The molecule has 2 heteroatoms. The van der Waals surface area contributed by atoms with Gasteiger partial charge in [0.05, 0.1) is 0 Å². The first kappa shape index (κ1) is 13.4. The molecular formula is C16H26N2. The maximum Gasteiger partial charge on any atom is 0.0371 e. The molecule has 18 heavy (non-hydrogen) atoms. The fraction of sp³-hybridized carbons (Fsp3) is 0.625. The van der Waals surface area contributed by atoms with Gasteiger partial charge in [-0.05, 0) is 68.8 Å². The second-order valence-corrected chi connectivity index (χ2v) is 5.40. The van der Waals surface area contributed by atoms with Crippen molar-refractivity contribution in [2.24, 2.45) is 5.73 Å². The van der Waals surface area contributed by atoms with Crippen LogP contribution in [0.2, 0.25) is 0 Å². The normalized spacial score (nSPS) is 20.2. The van der Waals surface area contributed by atoms with Crippen molar-refractivity contribution < 1.29 is 0 Å². The van der Waals surface area contributed by atoms with Crippen LogP contribution in [-0.2, 0) is 6.42 Å². The highest BCUT2D eigenvalue weighted by atomic mass is 15.2. The van der Waals surface area contributed by atoms with Gasteiger partial charge < -0.3 is 10.6 Å². The summed E-state index contributed by atoms with van der Waals surface area (Å²) in [4.78, 5) is 2.60. The summed E-state index contributed by atoms with van der Waals surface area (Å²) in [6.45, 7) is 6.47. The van der Waals surface area contributed by atoms with Crippen molar-refractivity contribution >= 4 is 5.69 Å². The smallest absolute Gasteiger partial charge is 0.0371 e. The first-order valence-corrected chi connectivity index (χ1v) is 7.32. The van der Waals surface area contributed by atoms with E-state index in [2.05, 4.69) is 36.9 Å². The number of nitrogens with two attached hydrogens (primary N) is 1. The van der Waals surface area contributed by atoms with Gasteiger partial charge in [0.15, 0.2) is 0 Å². The Labute approximate surface area is 111 Å². The van der Waals surface area contributed by atoms with E-state index in [1.165, 1.54) is 49.0 Å². The zero-order valence-corrected chi connectivity index (χ0v) is 11.8. The molecule has 1 aromatic rings. The Balaban J connectivity index is 2.19. The van der Waals surface area contributed by atoms with Crippen LogP contribution in [0.15, 0.2) is 18.2 Å². The molecule has 0 aromatic heterocycles. The average molecular weight is 246 g/mol. The number of rotatable bonds is 4. The van der Waals surface area contributed by atoms with Gasteiger partial charge in [-0.2, -0.15) is 0 Å². The second kappa shape index (κ2) is 6.24. The van der Waals surface area contributed by atoms with Crippen LogP contribution in [0.4, 0.5) is 5.69 Å². The van der Waals surface area contributed by atoms with Gasteiger partial charge in [0, 0.05) is 18.3 Å². The van der Waals surface area contributed by atoms with Crippen molar-refractivity contribution in [3.8, 4) is 0 Å². The molecule has 0 saturated carbocycles. The Hall–Kier alpha value is -1.02. The third-order valence-electron chi connectivity index (χ3n) is 4.17. The topological polar surface area (TPSA) is 29.3 Å². The van der Waals surface area contributed by atoms with Crippen LogP contribution in [0.3, 0.4) is 0 Å². The van der Waals surface area contributed by atoms with E-state index in [4.69, 9.17) is 5.73 Å². The Bertz CT molecular complexity index is 387. The van der Waals surface area contributed by atoms with Gasteiger partial charge in [-0.3, -0.25) is 0 Å². The summed E-state index contributed by atoms with van der Waals surface area (Å²) in [6.07, 6.45) is 6.31. The number of aryl methyl sites for hydroxylation is 1. The zero-order valence-electron chi connectivity index (χ0n) is 11.8. The lowest BCUT2D eigenvalue weighted by Gasteiger charge is -2.37. The molecule has 0 radical (unpaired) electrons. The molecule has 2 N–H and O–H groups in total. The summed E-state index contributed by atoms with van der Waals surface area (Å²) in [5.74, 6) is 0. The van der Waals surface area contributed by atoms with Crippen molar-refractivity contribution in [3.63, 3.8) is 0 Å². The highest BCUT2D eigenvalue weighted by molar-refractivity contribution is 5.52. The maximum absolute atomic E-state index is 5.64. The lowest BCUT2D eigenvalue weighted by atomic mass is 9.97. The molecule has 1 aliphatic rings. The molecule has 0 aliphatic carbocycles. The molecule has 0 spiro atoms. The zero-order chi connectivity index (χ0) is 13.0. The Kier molecular flexibility index (Phi) is 4.65. The van der Waals surface area contributed by atoms with Gasteiger partial charge in [-0.25, -0.2) is 0 Å². The quantitative estimate of drug-likeness (QED) is 0.883. The Morgan fingerprint density at radius 1 is 1.33 bits per heavy atom. The number of hydrogen-bond acceptors (Lipinski definition) is 2. The molecular weight excluding hydrogens is 220 g/mol. The number of hydrogen-bond donors (Lipinski definition) is 1. The molecule has 100 valence electrons. The average Bonchev–Trinajstić information content (AvgIpc) is 2.41. The summed E-state index contributed by atoms with van der Waals surface area (Å²) in [6, 6.07) is 7.63. The van der Waals surface area contributed by atoms with Crippen LogP contribution >= 0.6 is 0 Å². The maximum atomic E-state index is 5.64. The molecule has 1 saturated heterocycles. The lowest BCUT2D eigenvalue weighted by molar-refractivity contribution is 0.450. The van der Waals surface area contributed by atoms with Crippen molar-refractivity contribution in [3.05, 3.63) is 29.3 Å². The molecule has 1 heterocycles. The van der Waals surface area contributed by atoms with Crippen molar-refractivity contribution in [1.82, 2.24) is 0 Å². The Morgan fingerprint density at radius 2 is 2.17 bits per heavy atom. The van der Waals surface area contributed by atoms with Gasteiger partial charge in [0.2, 0.25) is 0 Å². The minimum Gasteiger partial charge on any atom is -0.369 e. The molecule has 2 rings (SSSR count). The lowest BCUT2D eigenvalue weighted by Crippen LogP contribution is -2.39. The minimum absolute atomic E-state index is 0.735. The Morgan fingerprint density at radius 3 is 2.83 bits per heavy atom. The largest absolute Gasteiger partial charge is 0.369 e. The molecule has 1 aliphatic heterocycles. The van der Waals surface area contributed by atoms with E-state index in [-0.39, 0.29) is 0 Å². The molecule has 1 aromatic carbocycles. The summed E-state index contributed by atoms with van der Waals surface area (Å²) >= 11 is 0. The highest BCUT2D eigenvalue weighted by Crippen LogP contribution is 2.28. The van der Waals surface area contributed by atoms with Gasteiger partial charge in [-0.15, -0.1) is 0 Å². The van der Waals surface area contributed by atoms with E-state index >= 15 is 0 Å². The molecule has 1 fully saturated rings. The van der Waals surface area contributed by atoms with E-state index < -0.39 is 0 Å². The number of nitrogens with zero attached hydrogens (tertiary/aromatic N) is 1. The third-order valence-corrected chi connectivity index (χ3v) is 4.17. The van der Waals surface area contributed by atoms with E-state index in [0.29, 0.717) is 0 Å². The van der Waals surface area contributed by atoms with Gasteiger partial charge in [0.25, 0.3) is 0 Å². The van der Waals surface area contributed by atoms with Gasteiger partial charge in [0.1, 0.15) is 0 Å². The van der Waals surface area contributed by atoms with E-state index in [0.717, 1.165) is 19.0 Å². The van der Waals surface area contributed by atoms with E-state index in [9.17, 15) is 0 Å². The molecule has 1 atom stereocenters. The van der Waals surface area contributed by atoms with Crippen LogP contribution in [0, 0.1) is 6.92 Å². The van der Waals surface area contributed by atoms with E-state index in [1.54, 1.807) is 0 Å². The van der Waals surface area contributed by atoms with Crippen molar-refractivity contribution in [2.75, 3.05) is 18.0 Å². The summed E-state index contributed by atoms with van der Waals surface area (Å²) in [5, 5.41) is 0. The molecule has 2 nitrogen and oxygen atoms in total. The highest BCUT2D eigenvalue weighted by Gasteiger charge is 2.21. The van der Waals surface area contributed by atoms with E-state index in [1.807, 2.05) is 0 Å². The van der Waals surface area contributed by atoms with Crippen LogP contribution < -0.4 is 10.6 Å². The predicted molar refractivity (Wildman–Crippen MR) is 79.2 cm³/mol. The van der Waals surface area contributed by atoms with Crippen molar-refractivity contribution in [2.45, 2.75) is 52.0 Å². The van der Waals surface area contributed by atoms with Crippen LogP contribution in [0.25, 0.3) is 0 Å². The predicted octanol–water partition coefficient (Wildman–Crippen LogP) is 3.27. The summed E-state index contributed by atoms with van der Waals surface area (Å²) < 4.78 is 0. The number of benzene rings is 1. The number of piperidine rings is 1. The number of anilines is 1.